The van der Waals surface area contributed by atoms with E-state index in [1.54, 1.807) is 10.7 Å². The second-order valence-electron chi connectivity index (χ2n) is 5.07. The molecule has 7 nitrogen and oxygen atoms in total. The van der Waals surface area contributed by atoms with Crippen molar-refractivity contribution in [3.63, 3.8) is 0 Å². The molecule has 0 aliphatic carbocycles. The SMILES string of the molecule is Nc1cccc(-c2nnnn2C2CCCS(=O)(=O)C2)c1Br. The third kappa shape index (κ3) is 2.80. The van der Waals surface area contributed by atoms with Gasteiger partial charge < -0.3 is 5.73 Å². The minimum absolute atomic E-state index is 0.0744. The van der Waals surface area contributed by atoms with E-state index in [1.807, 2.05) is 12.1 Å². The number of benzene rings is 1. The summed E-state index contributed by atoms with van der Waals surface area (Å²) in [4.78, 5) is 0. The van der Waals surface area contributed by atoms with Gasteiger partial charge in [-0.05, 0) is 51.3 Å². The van der Waals surface area contributed by atoms with Crippen LogP contribution >= 0.6 is 15.9 Å². The smallest absolute Gasteiger partial charge is 0.183 e. The number of halogens is 1. The van der Waals surface area contributed by atoms with Crippen LogP contribution < -0.4 is 5.73 Å². The predicted octanol–water partition coefficient (Wildman–Crippen LogP) is 1.43. The highest BCUT2D eigenvalue weighted by Gasteiger charge is 2.29. The van der Waals surface area contributed by atoms with Gasteiger partial charge >= 0.3 is 0 Å². The number of nitrogens with zero attached hydrogens (tertiary/aromatic N) is 4. The Bertz CT molecular complexity index is 774. The Kier molecular flexibility index (Phi) is 3.70. The quantitative estimate of drug-likeness (QED) is 0.800. The van der Waals surface area contributed by atoms with E-state index in [0.717, 1.165) is 12.0 Å². The van der Waals surface area contributed by atoms with Gasteiger partial charge in [0.1, 0.15) is 0 Å². The molecule has 0 spiro atoms. The molecule has 2 aromatic rings. The monoisotopic (exact) mass is 371 g/mol. The van der Waals surface area contributed by atoms with Crippen LogP contribution in [0.5, 0.6) is 0 Å². The van der Waals surface area contributed by atoms with E-state index in [2.05, 4.69) is 31.5 Å². The van der Waals surface area contributed by atoms with Gasteiger partial charge in [-0.15, -0.1) is 5.10 Å². The molecule has 2 heterocycles. The van der Waals surface area contributed by atoms with Crippen LogP contribution in [-0.4, -0.2) is 40.1 Å². The average molecular weight is 372 g/mol. The fourth-order valence-electron chi connectivity index (χ4n) is 2.53. The first-order chi connectivity index (χ1) is 9.98. The van der Waals surface area contributed by atoms with Crippen molar-refractivity contribution in [1.29, 1.82) is 0 Å². The summed E-state index contributed by atoms with van der Waals surface area (Å²) in [6.45, 7) is 0. The van der Waals surface area contributed by atoms with Gasteiger partial charge in [0.2, 0.25) is 0 Å². The number of nitrogen functional groups attached to an aromatic ring is 1. The molecule has 1 fully saturated rings. The Morgan fingerprint density at radius 3 is 2.95 bits per heavy atom. The Labute approximate surface area is 130 Å². The van der Waals surface area contributed by atoms with Gasteiger partial charge in [0.25, 0.3) is 0 Å². The predicted molar refractivity (Wildman–Crippen MR) is 82.3 cm³/mol. The maximum atomic E-state index is 11.8. The Balaban J connectivity index is 2.03. The van der Waals surface area contributed by atoms with Crippen molar-refractivity contribution in [2.45, 2.75) is 18.9 Å². The topological polar surface area (TPSA) is 104 Å². The number of sulfone groups is 1. The number of anilines is 1. The van der Waals surface area contributed by atoms with Crippen molar-refractivity contribution < 1.29 is 8.42 Å². The largest absolute Gasteiger partial charge is 0.398 e. The van der Waals surface area contributed by atoms with E-state index >= 15 is 0 Å². The van der Waals surface area contributed by atoms with Crippen LogP contribution in [0.25, 0.3) is 11.4 Å². The van der Waals surface area contributed by atoms with E-state index in [0.29, 0.717) is 22.4 Å². The minimum Gasteiger partial charge on any atom is -0.398 e. The average Bonchev–Trinajstić information content (AvgIpc) is 2.90. The second-order valence-corrected chi connectivity index (χ2v) is 8.09. The highest BCUT2D eigenvalue weighted by atomic mass is 79.9. The molecule has 0 amide bonds. The van der Waals surface area contributed by atoms with Crippen LogP contribution in [0.4, 0.5) is 5.69 Å². The summed E-state index contributed by atoms with van der Waals surface area (Å²) in [5, 5.41) is 11.7. The number of hydrogen-bond acceptors (Lipinski definition) is 6. The lowest BCUT2D eigenvalue weighted by molar-refractivity contribution is 0.429. The third-order valence-corrected chi connectivity index (χ3v) is 6.24. The lowest BCUT2D eigenvalue weighted by Gasteiger charge is -2.22. The van der Waals surface area contributed by atoms with Gasteiger partial charge in [0.05, 0.1) is 22.0 Å². The highest BCUT2D eigenvalue weighted by molar-refractivity contribution is 9.10. The summed E-state index contributed by atoms with van der Waals surface area (Å²) in [7, 11) is -3.03. The van der Waals surface area contributed by atoms with E-state index in [4.69, 9.17) is 5.73 Å². The molecule has 1 aromatic heterocycles. The highest BCUT2D eigenvalue weighted by Crippen LogP contribution is 2.33. The van der Waals surface area contributed by atoms with Gasteiger partial charge in [-0.2, -0.15) is 0 Å². The zero-order chi connectivity index (χ0) is 15.0. The molecule has 0 saturated carbocycles. The van der Waals surface area contributed by atoms with Crippen LogP contribution in [0.1, 0.15) is 18.9 Å². The summed E-state index contributed by atoms with van der Waals surface area (Å²) in [5.41, 5.74) is 7.21. The lowest BCUT2D eigenvalue weighted by atomic mass is 10.1. The normalized spacial score (nSPS) is 21.3. The van der Waals surface area contributed by atoms with Crippen LogP contribution in [0.2, 0.25) is 0 Å². The number of hydrogen-bond donors (Lipinski definition) is 1. The molecular formula is C12H14BrN5O2S. The standard InChI is InChI=1S/C12H14BrN5O2S/c13-11-9(4-1-5-10(11)14)12-15-16-17-18(12)8-3-2-6-21(19,20)7-8/h1,4-5,8H,2-3,6-7,14H2. The number of nitrogens with two attached hydrogens (primary N) is 1. The Morgan fingerprint density at radius 2 is 2.19 bits per heavy atom. The zero-order valence-electron chi connectivity index (χ0n) is 11.1. The zero-order valence-corrected chi connectivity index (χ0v) is 13.5. The first kappa shape index (κ1) is 14.5. The number of rotatable bonds is 2. The first-order valence-electron chi connectivity index (χ1n) is 6.50. The summed E-state index contributed by atoms with van der Waals surface area (Å²) < 4.78 is 25.9. The second kappa shape index (κ2) is 5.38. The fraction of sp³-hybridized carbons (Fsp3) is 0.417. The van der Waals surface area contributed by atoms with Gasteiger partial charge in [-0.1, -0.05) is 6.07 Å². The van der Waals surface area contributed by atoms with Crippen LogP contribution in [-0.2, 0) is 9.84 Å². The summed E-state index contributed by atoms with van der Waals surface area (Å²) in [6, 6.07) is 5.20. The van der Waals surface area contributed by atoms with Crippen LogP contribution in [0.15, 0.2) is 22.7 Å². The van der Waals surface area contributed by atoms with Gasteiger partial charge in [0.15, 0.2) is 15.7 Å². The molecule has 1 atom stereocenters. The summed E-state index contributed by atoms with van der Waals surface area (Å²) in [5.74, 6) is 0.838. The maximum absolute atomic E-state index is 11.8. The minimum atomic E-state index is -3.03. The van der Waals surface area contributed by atoms with E-state index in [-0.39, 0.29) is 17.5 Å². The van der Waals surface area contributed by atoms with E-state index in [1.165, 1.54) is 0 Å². The van der Waals surface area contributed by atoms with Crippen molar-refractivity contribution in [3.05, 3.63) is 22.7 Å². The molecule has 1 aliphatic heterocycles. The molecule has 1 aliphatic rings. The lowest BCUT2D eigenvalue weighted by Crippen LogP contribution is -2.28. The van der Waals surface area contributed by atoms with E-state index < -0.39 is 9.84 Å². The fourth-order valence-corrected chi connectivity index (χ4v) is 4.64. The summed E-state index contributed by atoms with van der Waals surface area (Å²) >= 11 is 3.43. The number of aromatic nitrogens is 4. The van der Waals surface area contributed by atoms with Crippen molar-refractivity contribution in [2.75, 3.05) is 17.2 Å². The van der Waals surface area contributed by atoms with Crippen LogP contribution in [0.3, 0.4) is 0 Å². The molecule has 0 bridgehead atoms. The molecule has 3 rings (SSSR count). The summed E-state index contributed by atoms with van der Waals surface area (Å²) in [6.07, 6.45) is 1.38. The first-order valence-corrected chi connectivity index (χ1v) is 9.12. The molecule has 0 radical (unpaired) electrons. The maximum Gasteiger partial charge on any atom is 0.183 e. The molecule has 21 heavy (non-hydrogen) atoms. The molecule has 112 valence electrons. The molecule has 2 N–H and O–H groups in total. The molecule has 1 saturated heterocycles. The van der Waals surface area contributed by atoms with Gasteiger partial charge in [-0.25, -0.2) is 13.1 Å². The van der Waals surface area contributed by atoms with Crippen molar-refractivity contribution in [1.82, 2.24) is 20.2 Å². The van der Waals surface area contributed by atoms with Crippen LogP contribution in [0, 0.1) is 0 Å². The molecule has 1 aromatic carbocycles. The molecule has 9 heteroatoms. The number of tetrazole rings is 1. The third-order valence-electron chi connectivity index (χ3n) is 3.55. The van der Waals surface area contributed by atoms with Crippen molar-refractivity contribution in [2.24, 2.45) is 0 Å². The van der Waals surface area contributed by atoms with Crippen molar-refractivity contribution in [3.8, 4) is 11.4 Å². The van der Waals surface area contributed by atoms with E-state index in [9.17, 15) is 8.42 Å². The Hall–Kier alpha value is -1.48. The van der Waals surface area contributed by atoms with Gasteiger partial charge in [-0.3, -0.25) is 0 Å². The van der Waals surface area contributed by atoms with Gasteiger partial charge in [0, 0.05) is 11.3 Å². The molecule has 1 unspecified atom stereocenters. The van der Waals surface area contributed by atoms with Crippen molar-refractivity contribution >= 4 is 31.5 Å². The Morgan fingerprint density at radius 1 is 1.38 bits per heavy atom. The molecular weight excluding hydrogens is 358 g/mol.